The van der Waals surface area contributed by atoms with Gasteiger partial charge in [-0.15, -0.1) is 0 Å². The first-order valence-electron chi connectivity index (χ1n) is 7.75. The van der Waals surface area contributed by atoms with Crippen molar-refractivity contribution in [1.82, 2.24) is 19.9 Å². The number of hydrogen-bond donors (Lipinski definition) is 0. The molecule has 1 aromatic carbocycles. The molecule has 8 nitrogen and oxygen atoms in total. The van der Waals surface area contributed by atoms with E-state index in [0.29, 0.717) is 11.4 Å². The molecule has 0 saturated heterocycles. The van der Waals surface area contributed by atoms with Crippen molar-refractivity contribution in [1.29, 1.82) is 0 Å². The topological polar surface area (TPSA) is 92.3 Å². The van der Waals surface area contributed by atoms with Crippen molar-refractivity contribution in [3.63, 3.8) is 0 Å². The number of methoxy groups -OCH3 is 1. The second-order valence-electron chi connectivity index (χ2n) is 5.96. The smallest absolute Gasteiger partial charge is 0.341 e. The van der Waals surface area contributed by atoms with Crippen LogP contribution in [0, 0.1) is 0 Å². The van der Waals surface area contributed by atoms with Crippen molar-refractivity contribution in [2.24, 2.45) is 0 Å². The van der Waals surface area contributed by atoms with Crippen molar-refractivity contribution in [3.8, 4) is 5.69 Å². The van der Waals surface area contributed by atoms with Gasteiger partial charge < -0.3 is 14.0 Å². The van der Waals surface area contributed by atoms with Crippen molar-refractivity contribution in [3.05, 3.63) is 58.4 Å². The summed E-state index contributed by atoms with van der Waals surface area (Å²) in [5.41, 5.74) is 0.459. The van der Waals surface area contributed by atoms with Crippen molar-refractivity contribution in [2.45, 2.75) is 26.1 Å². The van der Waals surface area contributed by atoms with E-state index < -0.39 is 11.6 Å². The molecule has 9 heteroatoms. The standard InChI is InChI=1S/C17H17BrN4O4/c1-17(2,24-3)16-20-14(26-21-16)10-25-15(23)11-8-19-22(9-11)13-6-4-5-12(18)7-13/h4-9H,10H2,1-3H3. The van der Waals surface area contributed by atoms with Crippen molar-refractivity contribution in [2.75, 3.05) is 7.11 Å². The summed E-state index contributed by atoms with van der Waals surface area (Å²) in [6, 6.07) is 7.56. The SMILES string of the molecule is COC(C)(C)c1noc(COC(=O)c2cnn(-c3cccc(Br)c3)c2)n1. The minimum Gasteiger partial charge on any atom is -0.452 e. The Bertz CT molecular complexity index is 919. The summed E-state index contributed by atoms with van der Waals surface area (Å²) in [4.78, 5) is 16.4. The molecule has 136 valence electrons. The van der Waals surface area contributed by atoms with Gasteiger partial charge in [0, 0.05) is 17.8 Å². The molecule has 0 aliphatic heterocycles. The Labute approximate surface area is 158 Å². The molecule has 0 aliphatic carbocycles. The Balaban J connectivity index is 1.64. The molecule has 0 bridgehead atoms. The molecule has 3 aromatic rings. The lowest BCUT2D eigenvalue weighted by atomic mass is 10.1. The third-order valence-electron chi connectivity index (χ3n) is 3.73. The molecule has 0 spiro atoms. The molecule has 0 unspecified atom stereocenters. The molecule has 0 saturated carbocycles. The summed E-state index contributed by atoms with van der Waals surface area (Å²) in [7, 11) is 1.55. The predicted octanol–water partition coefficient (Wildman–Crippen LogP) is 3.26. The maximum absolute atomic E-state index is 12.2. The summed E-state index contributed by atoms with van der Waals surface area (Å²) >= 11 is 3.40. The van der Waals surface area contributed by atoms with Crippen LogP contribution in [0.4, 0.5) is 0 Å². The van der Waals surface area contributed by atoms with Crippen LogP contribution in [0.25, 0.3) is 5.69 Å². The Morgan fingerprint density at radius 1 is 1.38 bits per heavy atom. The zero-order chi connectivity index (χ0) is 18.7. The molecule has 0 amide bonds. The van der Waals surface area contributed by atoms with E-state index in [1.54, 1.807) is 18.0 Å². The van der Waals surface area contributed by atoms with E-state index in [2.05, 4.69) is 31.2 Å². The summed E-state index contributed by atoms with van der Waals surface area (Å²) in [6.07, 6.45) is 3.04. The normalized spacial score (nSPS) is 11.5. The van der Waals surface area contributed by atoms with Gasteiger partial charge in [0.15, 0.2) is 6.61 Å². The first-order valence-corrected chi connectivity index (χ1v) is 8.54. The van der Waals surface area contributed by atoms with Gasteiger partial charge in [-0.05, 0) is 32.0 Å². The van der Waals surface area contributed by atoms with Crippen LogP contribution in [-0.2, 0) is 21.7 Å². The van der Waals surface area contributed by atoms with E-state index in [4.69, 9.17) is 14.0 Å². The number of rotatable bonds is 6. The highest BCUT2D eigenvalue weighted by Gasteiger charge is 2.26. The van der Waals surface area contributed by atoms with E-state index in [-0.39, 0.29) is 12.5 Å². The van der Waals surface area contributed by atoms with Gasteiger partial charge in [-0.25, -0.2) is 9.48 Å². The van der Waals surface area contributed by atoms with Crippen LogP contribution in [0.2, 0.25) is 0 Å². The number of halogens is 1. The number of carbonyl (C=O) groups is 1. The predicted molar refractivity (Wildman–Crippen MR) is 94.7 cm³/mol. The van der Waals surface area contributed by atoms with Gasteiger partial charge in [0.1, 0.15) is 5.60 Å². The summed E-state index contributed by atoms with van der Waals surface area (Å²) in [6.45, 7) is 3.49. The third kappa shape index (κ3) is 4.00. The van der Waals surface area contributed by atoms with Gasteiger partial charge in [0.05, 0.1) is 17.4 Å². The van der Waals surface area contributed by atoms with Crippen molar-refractivity contribution < 1.29 is 18.8 Å². The van der Waals surface area contributed by atoms with Crippen LogP contribution >= 0.6 is 15.9 Å². The number of benzene rings is 1. The van der Waals surface area contributed by atoms with Crippen LogP contribution in [0.5, 0.6) is 0 Å². The molecule has 0 N–H and O–H groups in total. The maximum Gasteiger partial charge on any atom is 0.341 e. The van der Waals surface area contributed by atoms with Crippen molar-refractivity contribution >= 4 is 21.9 Å². The number of hydrogen-bond acceptors (Lipinski definition) is 7. The average molecular weight is 421 g/mol. The lowest BCUT2D eigenvalue weighted by Crippen LogP contribution is -2.21. The minimum absolute atomic E-state index is 0.131. The molecule has 0 radical (unpaired) electrons. The number of ether oxygens (including phenoxy) is 2. The summed E-state index contributed by atoms with van der Waals surface area (Å²) in [5.74, 6) is 0.0448. The fraction of sp³-hybridized carbons (Fsp3) is 0.294. The van der Waals surface area contributed by atoms with E-state index in [0.717, 1.165) is 10.2 Å². The first-order chi connectivity index (χ1) is 12.4. The molecule has 2 heterocycles. The Morgan fingerprint density at radius 2 is 2.19 bits per heavy atom. The van der Waals surface area contributed by atoms with Gasteiger partial charge >= 0.3 is 5.97 Å². The molecule has 0 fully saturated rings. The van der Waals surface area contributed by atoms with Gasteiger partial charge in [0.25, 0.3) is 5.89 Å². The van der Waals surface area contributed by atoms with Crippen LogP contribution in [-0.4, -0.2) is 33.0 Å². The zero-order valence-electron chi connectivity index (χ0n) is 14.5. The first kappa shape index (κ1) is 18.3. The van der Waals surface area contributed by atoms with E-state index in [1.165, 1.54) is 6.20 Å². The number of nitrogens with zero attached hydrogens (tertiary/aromatic N) is 4. The number of aromatic nitrogens is 4. The maximum atomic E-state index is 12.2. The quantitative estimate of drug-likeness (QED) is 0.564. The van der Waals surface area contributed by atoms with E-state index >= 15 is 0 Å². The minimum atomic E-state index is -0.684. The Morgan fingerprint density at radius 3 is 2.92 bits per heavy atom. The van der Waals surface area contributed by atoms with Crippen LogP contribution in [0.15, 0.2) is 45.7 Å². The highest BCUT2D eigenvalue weighted by atomic mass is 79.9. The summed E-state index contributed by atoms with van der Waals surface area (Å²) < 4.78 is 18.1. The Kier molecular flexibility index (Phi) is 5.19. The van der Waals surface area contributed by atoms with E-state index in [1.807, 2.05) is 38.1 Å². The van der Waals surface area contributed by atoms with Gasteiger partial charge in [-0.1, -0.05) is 27.2 Å². The number of carbonyl (C=O) groups excluding carboxylic acids is 1. The van der Waals surface area contributed by atoms with Gasteiger partial charge in [-0.3, -0.25) is 0 Å². The molecule has 0 aliphatic rings. The summed E-state index contributed by atoms with van der Waals surface area (Å²) in [5, 5.41) is 8.02. The largest absolute Gasteiger partial charge is 0.452 e. The van der Waals surface area contributed by atoms with Gasteiger partial charge in [-0.2, -0.15) is 10.1 Å². The zero-order valence-corrected chi connectivity index (χ0v) is 16.1. The third-order valence-corrected chi connectivity index (χ3v) is 4.23. The van der Waals surface area contributed by atoms with Crippen LogP contribution < -0.4 is 0 Å². The fourth-order valence-corrected chi connectivity index (χ4v) is 2.44. The Hall–Kier alpha value is -2.52. The highest BCUT2D eigenvalue weighted by molar-refractivity contribution is 9.10. The highest BCUT2D eigenvalue weighted by Crippen LogP contribution is 2.20. The lowest BCUT2D eigenvalue weighted by Gasteiger charge is -2.17. The van der Waals surface area contributed by atoms with Crippen LogP contribution in [0.1, 0.15) is 35.9 Å². The second kappa shape index (κ2) is 7.38. The molecule has 2 aromatic heterocycles. The van der Waals surface area contributed by atoms with Crippen LogP contribution in [0.3, 0.4) is 0 Å². The molecule has 0 atom stereocenters. The lowest BCUT2D eigenvalue weighted by molar-refractivity contribution is 0.00972. The molecule has 26 heavy (non-hydrogen) atoms. The second-order valence-corrected chi connectivity index (χ2v) is 6.87. The molecular weight excluding hydrogens is 404 g/mol. The fourth-order valence-electron chi connectivity index (χ4n) is 2.05. The van der Waals surface area contributed by atoms with E-state index in [9.17, 15) is 4.79 Å². The molecular formula is C17H17BrN4O4. The number of esters is 1. The average Bonchev–Trinajstić information content (AvgIpc) is 3.29. The monoisotopic (exact) mass is 420 g/mol. The van der Waals surface area contributed by atoms with Gasteiger partial charge in [0.2, 0.25) is 5.82 Å². The molecule has 3 rings (SSSR count).